The van der Waals surface area contributed by atoms with Crippen LogP contribution in [-0.2, 0) is 21.1 Å². The highest BCUT2D eigenvalue weighted by Gasteiger charge is 2.48. The third-order valence-corrected chi connectivity index (χ3v) is 5.50. The Hall–Kier alpha value is -2.62. The van der Waals surface area contributed by atoms with Crippen LogP contribution in [0, 0.1) is 5.82 Å². The van der Waals surface area contributed by atoms with Crippen LogP contribution >= 0.6 is 0 Å². The molecule has 138 valence electrons. The molecule has 5 nitrogen and oxygen atoms in total. The van der Waals surface area contributed by atoms with Gasteiger partial charge in [0.05, 0.1) is 12.1 Å². The van der Waals surface area contributed by atoms with Gasteiger partial charge in [0, 0.05) is 18.4 Å². The molecular formula is C16H12F4N2O3S. The molecule has 26 heavy (non-hydrogen) atoms. The van der Waals surface area contributed by atoms with Gasteiger partial charge in [-0.3, -0.25) is 4.79 Å². The van der Waals surface area contributed by atoms with Crippen molar-refractivity contribution in [1.82, 2.24) is 0 Å². The second-order valence-corrected chi connectivity index (χ2v) is 7.60. The molecule has 0 unspecified atom stereocenters. The molecule has 0 aliphatic carbocycles. The van der Waals surface area contributed by atoms with E-state index in [1.807, 2.05) is 0 Å². The Kier molecular flexibility index (Phi) is 4.18. The summed E-state index contributed by atoms with van der Waals surface area (Å²) >= 11 is 0. The maximum Gasteiger partial charge on any atom is 0.501 e. The number of fused-ring (bicyclic) bond motifs is 1. The van der Waals surface area contributed by atoms with Crippen LogP contribution in [0.1, 0.15) is 5.56 Å². The summed E-state index contributed by atoms with van der Waals surface area (Å²) in [6, 6.07) is 6.69. The number of halogens is 4. The lowest BCUT2D eigenvalue weighted by atomic mass is 10.1. The van der Waals surface area contributed by atoms with Crippen molar-refractivity contribution in [3.05, 3.63) is 47.8 Å². The number of nitrogens with zero attached hydrogens (tertiary/aromatic N) is 1. The van der Waals surface area contributed by atoms with Crippen LogP contribution in [0.5, 0.6) is 0 Å². The zero-order valence-corrected chi connectivity index (χ0v) is 14.1. The van der Waals surface area contributed by atoms with Gasteiger partial charge >= 0.3 is 5.51 Å². The first-order valence-electron chi connectivity index (χ1n) is 7.28. The SMILES string of the molecule is CN1C(=O)Cc2cc(Nc3ccc(F)cc3S(=O)(=O)C(F)(F)F)ccc21. The molecule has 1 N–H and O–H groups in total. The minimum Gasteiger partial charge on any atom is -0.354 e. The summed E-state index contributed by atoms with van der Waals surface area (Å²) in [6.45, 7) is 0. The number of amides is 1. The van der Waals surface area contributed by atoms with Crippen molar-refractivity contribution < 1.29 is 30.8 Å². The fourth-order valence-electron chi connectivity index (χ4n) is 2.65. The number of carbonyl (C=O) groups excluding carboxylic acids is 1. The first-order valence-corrected chi connectivity index (χ1v) is 8.76. The molecule has 3 rings (SSSR count). The number of rotatable bonds is 3. The molecule has 2 aromatic carbocycles. The Bertz CT molecular complexity index is 1000. The molecule has 0 fully saturated rings. The Morgan fingerprint density at radius 1 is 1.12 bits per heavy atom. The average Bonchev–Trinajstić information content (AvgIpc) is 2.82. The van der Waals surface area contributed by atoms with Crippen molar-refractivity contribution >= 4 is 32.8 Å². The van der Waals surface area contributed by atoms with E-state index < -0.39 is 31.7 Å². The van der Waals surface area contributed by atoms with Crippen molar-refractivity contribution in [2.24, 2.45) is 0 Å². The number of benzene rings is 2. The van der Waals surface area contributed by atoms with Gasteiger partial charge in [-0.05, 0) is 42.0 Å². The molecule has 1 amide bonds. The van der Waals surface area contributed by atoms with Gasteiger partial charge in [-0.2, -0.15) is 13.2 Å². The van der Waals surface area contributed by atoms with E-state index in [4.69, 9.17) is 0 Å². The molecule has 2 aromatic rings. The molecule has 1 aliphatic rings. The van der Waals surface area contributed by atoms with Crippen LogP contribution in [-0.4, -0.2) is 26.9 Å². The predicted octanol–water partition coefficient (Wildman–Crippen LogP) is 3.38. The Labute approximate surface area is 146 Å². The summed E-state index contributed by atoms with van der Waals surface area (Å²) < 4.78 is 75.3. The van der Waals surface area contributed by atoms with E-state index in [1.54, 1.807) is 13.1 Å². The van der Waals surface area contributed by atoms with Crippen LogP contribution in [0.25, 0.3) is 0 Å². The van der Waals surface area contributed by atoms with E-state index in [0.29, 0.717) is 17.3 Å². The largest absolute Gasteiger partial charge is 0.501 e. The third-order valence-electron chi connectivity index (χ3n) is 3.97. The van der Waals surface area contributed by atoms with E-state index in [0.717, 1.165) is 12.1 Å². The minimum atomic E-state index is -5.74. The molecular weight excluding hydrogens is 376 g/mol. The number of carbonyl (C=O) groups is 1. The fraction of sp³-hybridized carbons (Fsp3) is 0.188. The average molecular weight is 388 g/mol. The molecule has 0 saturated carbocycles. The molecule has 0 aromatic heterocycles. The molecule has 0 radical (unpaired) electrons. The van der Waals surface area contributed by atoms with Gasteiger partial charge in [0.1, 0.15) is 10.7 Å². The highest BCUT2D eigenvalue weighted by atomic mass is 32.2. The van der Waals surface area contributed by atoms with Gasteiger partial charge in [0.15, 0.2) is 0 Å². The van der Waals surface area contributed by atoms with Crippen molar-refractivity contribution in [2.75, 3.05) is 17.3 Å². The van der Waals surface area contributed by atoms with Crippen LogP contribution in [0.15, 0.2) is 41.3 Å². The van der Waals surface area contributed by atoms with Crippen LogP contribution in [0.3, 0.4) is 0 Å². The predicted molar refractivity (Wildman–Crippen MR) is 86.5 cm³/mol. The molecule has 1 aliphatic heterocycles. The van der Waals surface area contributed by atoms with E-state index in [2.05, 4.69) is 5.32 Å². The molecule has 0 spiro atoms. The van der Waals surface area contributed by atoms with Gasteiger partial charge in [-0.15, -0.1) is 0 Å². The molecule has 0 bridgehead atoms. The number of nitrogens with one attached hydrogen (secondary N) is 1. The third kappa shape index (κ3) is 3.00. The van der Waals surface area contributed by atoms with Crippen LogP contribution in [0.4, 0.5) is 34.6 Å². The summed E-state index contributed by atoms with van der Waals surface area (Å²) in [6.07, 6.45) is 0.123. The smallest absolute Gasteiger partial charge is 0.354 e. The normalized spacial score (nSPS) is 14.5. The van der Waals surface area contributed by atoms with E-state index in [1.165, 1.54) is 17.0 Å². The van der Waals surface area contributed by atoms with Gasteiger partial charge in [-0.25, -0.2) is 12.8 Å². The Balaban J connectivity index is 2.03. The van der Waals surface area contributed by atoms with Gasteiger partial charge in [-0.1, -0.05) is 0 Å². The van der Waals surface area contributed by atoms with Crippen molar-refractivity contribution in [3.8, 4) is 0 Å². The van der Waals surface area contributed by atoms with Crippen molar-refractivity contribution in [2.45, 2.75) is 16.8 Å². The molecule has 10 heteroatoms. The zero-order chi connectivity index (χ0) is 19.3. The summed E-state index contributed by atoms with van der Waals surface area (Å²) in [5.74, 6) is -1.25. The number of hydrogen-bond donors (Lipinski definition) is 1. The molecule has 1 heterocycles. The number of sulfone groups is 1. The van der Waals surface area contributed by atoms with E-state index in [9.17, 15) is 30.8 Å². The lowest BCUT2D eigenvalue weighted by Gasteiger charge is -2.15. The Morgan fingerprint density at radius 2 is 1.81 bits per heavy atom. The standard InChI is InChI=1S/C16H12F4N2O3S/c1-22-13-5-3-11(6-9(13)7-15(22)23)21-12-4-2-10(17)8-14(12)26(24,25)16(18,19)20/h2-6,8,21H,7H2,1H3. The minimum absolute atomic E-state index is 0.123. The Morgan fingerprint density at radius 3 is 2.46 bits per heavy atom. The number of anilines is 3. The second kappa shape index (κ2) is 5.97. The van der Waals surface area contributed by atoms with E-state index in [-0.39, 0.29) is 18.0 Å². The lowest BCUT2D eigenvalue weighted by Crippen LogP contribution is -2.24. The fourth-order valence-corrected chi connectivity index (χ4v) is 3.58. The van der Waals surface area contributed by atoms with Crippen molar-refractivity contribution in [1.29, 1.82) is 0 Å². The van der Waals surface area contributed by atoms with Crippen LogP contribution in [0.2, 0.25) is 0 Å². The lowest BCUT2D eigenvalue weighted by molar-refractivity contribution is -0.117. The number of hydrogen-bond acceptors (Lipinski definition) is 4. The van der Waals surface area contributed by atoms with Crippen LogP contribution < -0.4 is 10.2 Å². The summed E-state index contributed by atoms with van der Waals surface area (Å²) in [5.41, 5.74) is -4.41. The zero-order valence-electron chi connectivity index (χ0n) is 13.3. The topological polar surface area (TPSA) is 66.5 Å². The van der Waals surface area contributed by atoms with Gasteiger partial charge < -0.3 is 10.2 Å². The second-order valence-electron chi connectivity index (χ2n) is 5.69. The van der Waals surface area contributed by atoms with Gasteiger partial charge in [0.2, 0.25) is 5.91 Å². The molecule has 0 atom stereocenters. The summed E-state index contributed by atoms with van der Waals surface area (Å²) in [4.78, 5) is 11.9. The highest BCUT2D eigenvalue weighted by molar-refractivity contribution is 7.92. The quantitative estimate of drug-likeness (QED) is 0.819. The van der Waals surface area contributed by atoms with Gasteiger partial charge in [0.25, 0.3) is 9.84 Å². The number of likely N-dealkylation sites (N-methyl/N-ethyl adjacent to an activating group) is 1. The highest BCUT2D eigenvalue weighted by Crippen LogP contribution is 2.37. The summed E-state index contributed by atoms with van der Waals surface area (Å²) in [5, 5.41) is 2.56. The molecule has 0 saturated heterocycles. The maximum atomic E-state index is 13.4. The number of alkyl halides is 3. The first kappa shape index (κ1) is 18.2. The van der Waals surface area contributed by atoms with E-state index >= 15 is 0 Å². The summed E-state index contributed by atoms with van der Waals surface area (Å²) in [7, 11) is -4.15. The monoisotopic (exact) mass is 388 g/mol. The van der Waals surface area contributed by atoms with Crippen molar-refractivity contribution in [3.63, 3.8) is 0 Å². The maximum absolute atomic E-state index is 13.4. The first-order chi connectivity index (χ1) is 12.0.